The van der Waals surface area contributed by atoms with E-state index in [0.717, 1.165) is 18.0 Å². The van der Waals surface area contributed by atoms with Gasteiger partial charge in [0.15, 0.2) is 5.82 Å². The number of hydrogen-bond acceptors (Lipinski definition) is 4. The van der Waals surface area contributed by atoms with Crippen LogP contribution in [-0.4, -0.2) is 20.2 Å². The summed E-state index contributed by atoms with van der Waals surface area (Å²) in [6.07, 6.45) is 5.11. The third-order valence-corrected chi connectivity index (χ3v) is 4.63. The molecule has 1 aliphatic rings. The number of halogens is 1. The fourth-order valence-electron chi connectivity index (χ4n) is 3.22. The molecule has 21 heavy (non-hydrogen) atoms. The molecule has 1 aromatic carbocycles. The van der Waals surface area contributed by atoms with Crippen molar-refractivity contribution in [1.29, 1.82) is 0 Å². The molecule has 2 unspecified atom stereocenters. The highest BCUT2D eigenvalue weighted by Crippen LogP contribution is 2.32. The number of aromatic nitrogens is 4. The van der Waals surface area contributed by atoms with E-state index < -0.39 is 0 Å². The van der Waals surface area contributed by atoms with Crippen LogP contribution in [0.2, 0.25) is 5.02 Å². The molecule has 6 heteroatoms. The van der Waals surface area contributed by atoms with Gasteiger partial charge in [-0.05, 0) is 47.2 Å². The van der Waals surface area contributed by atoms with Crippen molar-refractivity contribution in [3.63, 3.8) is 0 Å². The highest BCUT2D eigenvalue weighted by atomic mass is 35.5. The third-order valence-electron chi connectivity index (χ3n) is 4.30. The molecule has 1 aromatic heterocycles. The fraction of sp³-hybridized carbons (Fsp3) is 0.533. The number of nitrogens with zero attached hydrogens (tertiary/aromatic N) is 4. The Hall–Kier alpha value is -1.62. The maximum Gasteiger partial charge on any atom is 0.184 e. The highest BCUT2D eigenvalue weighted by Gasteiger charge is 2.22. The highest BCUT2D eigenvalue weighted by molar-refractivity contribution is 6.33. The summed E-state index contributed by atoms with van der Waals surface area (Å²) in [5.74, 6) is 2.13. The quantitative estimate of drug-likeness (QED) is 0.882. The molecule has 0 saturated heterocycles. The van der Waals surface area contributed by atoms with Crippen molar-refractivity contribution >= 4 is 17.3 Å². The molecule has 112 valence electrons. The number of tetrazole rings is 1. The number of para-hydroxylation sites is 1. The standard InChI is InChI=1S/C15H20ClN5/c1-10-4-2-5-11(8-10)9-21-15(18-19-20-21)12-6-3-7-13(16)14(12)17/h3,6-7,10-11H,2,4-5,8-9,17H2,1H3. The van der Waals surface area contributed by atoms with Crippen molar-refractivity contribution in [2.24, 2.45) is 11.8 Å². The Bertz CT molecular complexity index is 624. The van der Waals surface area contributed by atoms with Gasteiger partial charge in [-0.1, -0.05) is 37.4 Å². The zero-order chi connectivity index (χ0) is 14.8. The second kappa shape index (κ2) is 6.02. The maximum atomic E-state index is 6.09. The van der Waals surface area contributed by atoms with Crippen molar-refractivity contribution in [2.45, 2.75) is 39.2 Å². The van der Waals surface area contributed by atoms with Crippen LogP contribution < -0.4 is 5.73 Å². The van der Waals surface area contributed by atoms with Gasteiger partial charge in [0.05, 0.1) is 10.7 Å². The predicted molar refractivity (Wildman–Crippen MR) is 83.8 cm³/mol. The van der Waals surface area contributed by atoms with Crippen molar-refractivity contribution in [1.82, 2.24) is 20.2 Å². The van der Waals surface area contributed by atoms with Crippen molar-refractivity contribution in [2.75, 3.05) is 5.73 Å². The van der Waals surface area contributed by atoms with Gasteiger partial charge in [0.1, 0.15) is 0 Å². The number of nitrogens with two attached hydrogens (primary N) is 1. The summed E-state index contributed by atoms with van der Waals surface area (Å²) in [4.78, 5) is 0. The summed E-state index contributed by atoms with van der Waals surface area (Å²) in [6, 6.07) is 5.56. The molecule has 1 fully saturated rings. The van der Waals surface area contributed by atoms with Crippen molar-refractivity contribution in [3.05, 3.63) is 23.2 Å². The van der Waals surface area contributed by atoms with Crippen molar-refractivity contribution < 1.29 is 0 Å². The fourth-order valence-corrected chi connectivity index (χ4v) is 3.40. The van der Waals surface area contributed by atoms with Gasteiger partial charge in [-0.15, -0.1) is 5.10 Å². The summed E-state index contributed by atoms with van der Waals surface area (Å²) in [5.41, 5.74) is 7.39. The van der Waals surface area contributed by atoms with Crippen LogP contribution in [0.15, 0.2) is 18.2 Å². The van der Waals surface area contributed by atoms with Gasteiger partial charge in [-0.25, -0.2) is 4.68 Å². The molecular formula is C15H20ClN5. The molecule has 2 aromatic rings. The Morgan fingerprint density at radius 2 is 2.24 bits per heavy atom. The largest absolute Gasteiger partial charge is 0.397 e. The Kier molecular flexibility index (Phi) is 4.10. The Labute approximate surface area is 129 Å². The summed E-state index contributed by atoms with van der Waals surface area (Å²) >= 11 is 6.09. The van der Waals surface area contributed by atoms with E-state index in [1.807, 2.05) is 16.8 Å². The van der Waals surface area contributed by atoms with Gasteiger partial charge in [-0.3, -0.25) is 0 Å². The van der Waals surface area contributed by atoms with Crippen LogP contribution in [0.4, 0.5) is 5.69 Å². The number of hydrogen-bond donors (Lipinski definition) is 1. The molecule has 1 saturated carbocycles. The van der Waals surface area contributed by atoms with E-state index in [-0.39, 0.29) is 0 Å². The third kappa shape index (κ3) is 3.02. The number of benzene rings is 1. The molecule has 2 N–H and O–H groups in total. The monoisotopic (exact) mass is 305 g/mol. The van der Waals surface area contributed by atoms with Crippen LogP contribution in [0.5, 0.6) is 0 Å². The average molecular weight is 306 g/mol. The minimum absolute atomic E-state index is 0.534. The van der Waals surface area contributed by atoms with Gasteiger partial charge in [-0.2, -0.15) is 0 Å². The number of anilines is 1. The van der Waals surface area contributed by atoms with Crippen LogP contribution in [0.1, 0.15) is 32.6 Å². The van der Waals surface area contributed by atoms with E-state index in [1.165, 1.54) is 25.7 Å². The Morgan fingerprint density at radius 1 is 1.38 bits per heavy atom. The van der Waals surface area contributed by atoms with E-state index in [4.69, 9.17) is 17.3 Å². The molecular weight excluding hydrogens is 286 g/mol. The van der Waals surface area contributed by atoms with Crippen LogP contribution in [-0.2, 0) is 6.54 Å². The van der Waals surface area contributed by atoms with Gasteiger partial charge >= 0.3 is 0 Å². The summed E-state index contributed by atoms with van der Waals surface area (Å²) in [6.45, 7) is 3.17. The number of nitrogen functional groups attached to an aromatic ring is 1. The molecule has 0 bridgehead atoms. The minimum atomic E-state index is 0.534. The molecule has 0 spiro atoms. The lowest BCUT2D eigenvalue weighted by molar-refractivity contribution is 0.249. The summed E-state index contributed by atoms with van der Waals surface area (Å²) < 4.78 is 1.87. The molecule has 5 nitrogen and oxygen atoms in total. The second-order valence-corrected chi connectivity index (χ2v) is 6.43. The van der Waals surface area contributed by atoms with Gasteiger partial charge in [0, 0.05) is 12.1 Å². The second-order valence-electron chi connectivity index (χ2n) is 6.02. The first-order valence-electron chi connectivity index (χ1n) is 7.45. The van der Waals surface area contributed by atoms with E-state index in [9.17, 15) is 0 Å². The number of rotatable bonds is 3. The van der Waals surface area contributed by atoms with Crippen LogP contribution in [0.25, 0.3) is 11.4 Å². The SMILES string of the molecule is CC1CCCC(Cn2nnnc2-c2cccc(Cl)c2N)C1. The molecule has 0 aliphatic heterocycles. The lowest BCUT2D eigenvalue weighted by Crippen LogP contribution is -2.20. The molecule has 3 rings (SSSR count). The average Bonchev–Trinajstić information content (AvgIpc) is 2.90. The van der Waals surface area contributed by atoms with E-state index >= 15 is 0 Å². The summed E-state index contributed by atoms with van der Waals surface area (Å²) in [7, 11) is 0. The maximum absolute atomic E-state index is 6.09. The molecule has 0 radical (unpaired) electrons. The summed E-state index contributed by atoms with van der Waals surface area (Å²) in [5, 5.41) is 12.6. The normalized spacial score (nSPS) is 22.4. The molecule has 0 amide bonds. The Balaban J connectivity index is 1.85. The van der Waals surface area contributed by atoms with Crippen LogP contribution >= 0.6 is 11.6 Å². The molecule has 1 aliphatic carbocycles. The Morgan fingerprint density at radius 3 is 3.05 bits per heavy atom. The first-order valence-corrected chi connectivity index (χ1v) is 7.83. The topological polar surface area (TPSA) is 69.6 Å². The lowest BCUT2D eigenvalue weighted by atomic mass is 9.82. The smallest absolute Gasteiger partial charge is 0.184 e. The molecule has 1 heterocycles. The van der Waals surface area contributed by atoms with E-state index in [2.05, 4.69) is 22.4 Å². The van der Waals surface area contributed by atoms with Crippen molar-refractivity contribution in [3.8, 4) is 11.4 Å². The predicted octanol–water partition coefficient (Wildman–Crippen LogP) is 3.40. The van der Waals surface area contributed by atoms with Gasteiger partial charge in [0.25, 0.3) is 0 Å². The zero-order valence-electron chi connectivity index (χ0n) is 12.2. The van der Waals surface area contributed by atoms with Gasteiger partial charge in [0.2, 0.25) is 0 Å². The lowest BCUT2D eigenvalue weighted by Gasteiger charge is -2.26. The van der Waals surface area contributed by atoms with Crippen LogP contribution in [0.3, 0.4) is 0 Å². The van der Waals surface area contributed by atoms with E-state index in [1.54, 1.807) is 6.07 Å². The van der Waals surface area contributed by atoms with Crippen LogP contribution in [0, 0.1) is 11.8 Å². The molecule has 2 atom stereocenters. The first-order chi connectivity index (χ1) is 10.1. The van der Waals surface area contributed by atoms with Gasteiger partial charge < -0.3 is 5.73 Å². The zero-order valence-corrected chi connectivity index (χ0v) is 12.9. The first kappa shape index (κ1) is 14.3. The van der Waals surface area contributed by atoms with E-state index in [0.29, 0.717) is 22.5 Å². The minimum Gasteiger partial charge on any atom is -0.397 e.